The summed E-state index contributed by atoms with van der Waals surface area (Å²) in [6.07, 6.45) is 2.57. The number of benzene rings is 1. The Morgan fingerprint density at radius 3 is 3.00 bits per heavy atom. The standard InChI is InChI=1S/C12H14N2OS/c13-10-4-5-11(16-8-2-7-15)12-9(10)3-1-6-14-12/h1,3-6,15H,2,7-8,13H2. The van der Waals surface area contributed by atoms with Crippen molar-refractivity contribution in [2.75, 3.05) is 18.1 Å². The van der Waals surface area contributed by atoms with E-state index >= 15 is 0 Å². The van der Waals surface area contributed by atoms with E-state index in [1.807, 2.05) is 24.3 Å². The molecular weight excluding hydrogens is 220 g/mol. The minimum absolute atomic E-state index is 0.229. The minimum Gasteiger partial charge on any atom is -0.398 e. The second kappa shape index (κ2) is 5.18. The molecule has 0 saturated carbocycles. The van der Waals surface area contributed by atoms with Gasteiger partial charge in [-0.05, 0) is 30.7 Å². The molecule has 84 valence electrons. The summed E-state index contributed by atoms with van der Waals surface area (Å²) in [5.41, 5.74) is 7.60. The average molecular weight is 234 g/mol. The first kappa shape index (κ1) is 11.2. The maximum absolute atomic E-state index is 8.75. The number of fused-ring (bicyclic) bond motifs is 1. The van der Waals surface area contributed by atoms with Crippen LogP contribution in [0.25, 0.3) is 10.9 Å². The Labute approximate surface area is 98.7 Å². The molecule has 1 heterocycles. The first-order valence-electron chi connectivity index (χ1n) is 5.20. The van der Waals surface area contributed by atoms with Crippen LogP contribution in [0.3, 0.4) is 0 Å². The molecule has 4 heteroatoms. The van der Waals surface area contributed by atoms with Crippen molar-refractivity contribution >= 4 is 28.4 Å². The number of hydrogen-bond donors (Lipinski definition) is 2. The van der Waals surface area contributed by atoms with Gasteiger partial charge in [0.1, 0.15) is 0 Å². The highest BCUT2D eigenvalue weighted by molar-refractivity contribution is 7.99. The fourth-order valence-electron chi connectivity index (χ4n) is 1.53. The van der Waals surface area contributed by atoms with Gasteiger partial charge in [0.2, 0.25) is 0 Å². The lowest BCUT2D eigenvalue weighted by molar-refractivity contribution is 0.296. The molecule has 0 atom stereocenters. The molecular formula is C12H14N2OS. The zero-order chi connectivity index (χ0) is 11.4. The number of rotatable bonds is 4. The van der Waals surface area contributed by atoms with E-state index in [1.54, 1.807) is 18.0 Å². The molecule has 0 amide bonds. The molecule has 1 aromatic carbocycles. The number of hydrogen-bond acceptors (Lipinski definition) is 4. The van der Waals surface area contributed by atoms with Crippen molar-refractivity contribution in [2.45, 2.75) is 11.3 Å². The lowest BCUT2D eigenvalue weighted by Crippen LogP contribution is -1.91. The Morgan fingerprint density at radius 2 is 2.19 bits per heavy atom. The molecule has 0 aliphatic heterocycles. The highest BCUT2D eigenvalue weighted by Gasteiger charge is 2.04. The third kappa shape index (κ3) is 2.28. The van der Waals surface area contributed by atoms with Gasteiger partial charge in [0, 0.05) is 34.5 Å². The summed E-state index contributed by atoms with van der Waals surface area (Å²) in [7, 11) is 0. The number of nitrogens with two attached hydrogens (primary N) is 1. The first-order chi connectivity index (χ1) is 7.83. The molecule has 0 radical (unpaired) electrons. The highest BCUT2D eigenvalue weighted by Crippen LogP contribution is 2.29. The van der Waals surface area contributed by atoms with Crippen LogP contribution in [0.1, 0.15) is 6.42 Å². The number of anilines is 1. The summed E-state index contributed by atoms with van der Waals surface area (Å²) in [5, 5.41) is 9.75. The van der Waals surface area contributed by atoms with Crippen LogP contribution in [-0.2, 0) is 0 Å². The molecule has 3 nitrogen and oxygen atoms in total. The third-order valence-corrected chi connectivity index (χ3v) is 3.46. The van der Waals surface area contributed by atoms with Gasteiger partial charge in [-0.15, -0.1) is 11.8 Å². The lowest BCUT2D eigenvalue weighted by Gasteiger charge is -2.06. The molecule has 1 aromatic heterocycles. The zero-order valence-corrected chi connectivity index (χ0v) is 9.70. The van der Waals surface area contributed by atoms with E-state index in [2.05, 4.69) is 4.98 Å². The minimum atomic E-state index is 0.229. The van der Waals surface area contributed by atoms with E-state index in [4.69, 9.17) is 10.8 Å². The van der Waals surface area contributed by atoms with Gasteiger partial charge in [0.05, 0.1) is 5.52 Å². The molecule has 0 spiro atoms. The van der Waals surface area contributed by atoms with Gasteiger partial charge in [-0.25, -0.2) is 0 Å². The molecule has 0 saturated heterocycles. The smallest absolute Gasteiger partial charge is 0.0858 e. The number of aliphatic hydroxyl groups is 1. The van der Waals surface area contributed by atoms with Gasteiger partial charge in [-0.3, -0.25) is 4.98 Å². The number of thioether (sulfide) groups is 1. The summed E-state index contributed by atoms with van der Waals surface area (Å²) in [5.74, 6) is 0.895. The lowest BCUT2D eigenvalue weighted by atomic mass is 10.2. The second-order valence-electron chi connectivity index (χ2n) is 3.48. The SMILES string of the molecule is Nc1ccc(SCCCO)c2ncccc12. The van der Waals surface area contributed by atoms with Crippen molar-refractivity contribution in [2.24, 2.45) is 0 Å². The zero-order valence-electron chi connectivity index (χ0n) is 8.89. The molecule has 0 aliphatic rings. The monoisotopic (exact) mass is 234 g/mol. The predicted molar refractivity (Wildman–Crippen MR) is 68.6 cm³/mol. The van der Waals surface area contributed by atoms with Crippen LogP contribution in [0, 0.1) is 0 Å². The van der Waals surface area contributed by atoms with E-state index in [0.29, 0.717) is 0 Å². The molecule has 3 N–H and O–H groups in total. The van der Waals surface area contributed by atoms with Crippen LogP contribution >= 0.6 is 11.8 Å². The Hall–Kier alpha value is -1.26. The number of nitrogen functional groups attached to an aromatic ring is 1. The molecule has 2 aromatic rings. The van der Waals surface area contributed by atoms with Crippen LogP contribution in [0.15, 0.2) is 35.4 Å². The maximum Gasteiger partial charge on any atom is 0.0858 e. The molecule has 0 unspecified atom stereocenters. The molecule has 2 rings (SSSR count). The van der Waals surface area contributed by atoms with Crippen LogP contribution in [-0.4, -0.2) is 22.5 Å². The van der Waals surface area contributed by atoms with Gasteiger partial charge < -0.3 is 10.8 Å². The van der Waals surface area contributed by atoms with E-state index in [9.17, 15) is 0 Å². The largest absolute Gasteiger partial charge is 0.398 e. The van der Waals surface area contributed by atoms with Gasteiger partial charge in [-0.1, -0.05) is 0 Å². The average Bonchev–Trinajstić information content (AvgIpc) is 2.33. The summed E-state index contributed by atoms with van der Waals surface area (Å²) in [6.45, 7) is 0.229. The number of nitrogens with zero attached hydrogens (tertiary/aromatic N) is 1. The van der Waals surface area contributed by atoms with Crippen molar-refractivity contribution in [3.8, 4) is 0 Å². The summed E-state index contributed by atoms with van der Waals surface area (Å²) in [4.78, 5) is 5.48. The van der Waals surface area contributed by atoms with Gasteiger partial charge in [-0.2, -0.15) is 0 Å². The number of aromatic nitrogens is 1. The first-order valence-corrected chi connectivity index (χ1v) is 6.18. The van der Waals surface area contributed by atoms with Crippen LogP contribution in [0.2, 0.25) is 0 Å². The van der Waals surface area contributed by atoms with E-state index in [-0.39, 0.29) is 6.61 Å². The number of aliphatic hydroxyl groups excluding tert-OH is 1. The van der Waals surface area contributed by atoms with E-state index < -0.39 is 0 Å². The quantitative estimate of drug-likeness (QED) is 0.484. The van der Waals surface area contributed by atoms with Gasteiger partial charge in [0.25, 0.3) is 0 Å². The van der Waals surface area contributed by atoms with Crippen molar-refractivity contribution in [3.63, 3.8) is 0 Å². The van der Waals surface area contributed by atoms with Gasteiger partial charge in [0.15, 0.2) is 0 Å². The predicted octanol–water partition coefficient (Wildman–Crippen LogP) is 2.29. The fourth-order valence-corrected chi connectivity index (χ4v) is 2.49. The van der Waals surface area contributed by atoms with Crippen molar-refractivity contribution in [1.82, 2.24) is 4.98 Å². The van der Waals surface area contributed by atoms with Crippen molar-refractivity contribution in [3.05, 3.63) is 30.5 Å². The topological polar surface area (TPSA) is 59.1 Å². The molecule has 16 heavy (non-hydrogen) atoms. The molecule has 0 aliphatic carbocycles. The van der Waals surface area contributed by atoms with Crippen LogP contribution in [0.4, 0.5) is 5.69 Å². The molecule has 0 bridgehead atoms. The summed E-state index contributed by atoms with van der Waals surface area (Å²) < 4.78 is 0. The van der Waals surface area contributed by atoms with Crippen LogP contribution in [0.5, 0.6) is 0 Å². The van der Waals surface area contributed by atoms with Crippen molar-refractivity contribution < 1.29 is 5.11 Å². The van der Waals surface area contributed by atoms with Crippen molar-refractivity contribution in [1.29, 1.82) is 0 Å². The Bertz CT molecular complexity index is 487. The fraction of sp³-hybridized carbons (Fsp3) is 0.250. The Balaban J connectivity index is 2.35. The summed E-state index contributed by atoms with van der Waals surface area (Å²) in [6, 6.07) is 7.77. The third-order valence-electron chi connectivity index (χ3n) is 2.33. The molecule has 0 fully saturated rings. The second-order valence-corrected chi connectivity index (χ2v) is 4.61. The van der Waals surface area contributed by atoms with Crippen LogP contribution < -0.4 is 5.73 Å². The maximum atomic E-state index is 8.75. The Morgan fingerprint density at radius 1 is 1.31 bits per heavy atom. The van der Waals surface area contributed by atoms with E-state index in [1.165, 1.54) is 0 Å². The Kier molecular flexibility index (Phi) is 3.64. The van der Waals surface area contributed by atoms with Gasteiger partial charge >= 0.3 is 0 Å². The highest BCUT2D eigenvalue weighted by atomic mass is 32.2. The van der Waals surface area contributed by atoms with E-state index in [0.717, 1.165) is 33.7 Å². The number of pyridine rings is 1. The summed E-state index contributed by atoms with van der Waals surface area (Å²) >= 11 is 1.71. The normalized spacial score (nSPS) is 10.8.